The monoisotopic (exact) mass is 250 g/mol. The van der Waals surface area contributed by atoms with E-state index in [9.17, 15) is 4.79 Å². The highest BCUT2D eigenvalue weighted by Gasteiger charge is 1.96. The summed E-state index contributed by atoms with van der Waals surface area (Å²) in [7, 11) is 0. The molecule has 0 spiro atoms. The summed E-state index contributed by atoms with van der Waals surface area (Å²) in [6.45, 7) is 7.21. The Morgan fingerprint density at radius 1 is 0.722 bits per heavy atom. The highest BCUT2D eigenvalue weighted by atomic mass is 16.1. The average Bonchev–Trinajstić information content (AvgIpc) is 2.39. The lowest BCUT2D eigenvalue weighted by molar-refractivity contribution is -0.114. The van der Waals surface area contributed by atoms with Crippen LogP contribution in [0.1, 0.15) is 77.0 Å². The van der Waals surface area contributed by atoms with Crippen LogP contribution in [0.25, 0.3) is 0 Å². The quantitative estimate of drug-likeness (QED) is 0.222. The predicted octanol–water partition coefficient (Wildman–Crippen LogP) is 5.61. The number of carbonyl (C=O) groups is 1. The maximum Gasteiger partial charge on any atom is 0.155 e. The third-order valence-electron chi connectivity index (χ3n) is 3.31. The molecule has 0 unspecified atom stereocenters. The van der Waals surface area contributed by atoms with Gasteiger partial charge < -0.3 is 0 Å². The van der Waals surface area contributed by atoms with Crippen molar-refractivity contribution in [3.63, 3.8) is 0 Å². The first-order valence-electron chi connectivity index (χ1n) is 7.57. The Bertz CT molecular complexity index is 218. The van der Waals surface area contributed by atoms with Crippen molar-refractivity contribution >= 4 is 5.78 Å². The standard InChI is InChI=1S/C17H30O/c1-3-5-6-7-8-9-10-11-12-13-14-15-16-17(18)4-2/h3-4H,1-2,5-16H2. The van der Waals surface area contributed by atoms with Crippen molar-refractivity contribution in [2.45, 2.75) is 77.0 Å². The number of carbonyl (C=O) groups excluding carboxylic acids is 1. The lowest BCUT2D eigenvalue weighted by Gasteiger charge is -2.02. The molecule has 1 nitrogen and oxygen atoms in total. The third-order valence-corrected chi connectivity index (χ3v) is 3.31. The van der Waals surface area contributed by atoms with E-state index in [1.165, 1.54) is 70.3 Å². The summed E-state index contributed by atoms with van der Waals surface area (Å²) >= 11 is 0. The number of hydrogen-bond donors (Lipinski definition) is 0. The summed E-state index contributed by atoms with van der Waals surface area (Å²) in [4.78, 5) is 11.0. The topological polar surface area (TPSA) is 17.1 Å². The van der Waals surface area contributed by atoms with E-state index in [0.717, 1.165) is 6.42 Å². The molecule has 0 saturated carbocycles. The van der Waals surface area contributed by atoms with Gasteiger partial charge in [0.1, 0.15) is 0 Å². The minimum atomic E-state index is 0.189. The Hall–Kier alpha value is -0.850. The summed E-state index contributed by atoms with van der Waals surface area (Å²) in [5.74, 6) is 0.189. The Morgan fingerprint density at radius 2 is 1.17 bits per heavy atom. The molecule has 0 aromatic heterocycles. The van der Waals surface area contributed by atoms with Crippen molar-refractivity contribution in [1.82, 2.24) is 0 Å². The summed E-state index contributed by atoms with van der Waals surface area (Å²) in [5, 5.41) is 0. The van der Waals surface area contributed by atoms with Gasteiger partial charge in [-0.05, 0) is 25.3 Å². The summed E-state index contributed by atoms with van der Waals surface area (Å²) < 4.78 is 0. The second-order valence-electron chi connectivity index (χ2n) is 5.03. The molecule has 0 rings (SSSR count). The Balaban J connectivity index is 3.00. The van der Waals surface area contributed by atoms with Crippen LogP contribution in [0, 0.1) is 0 Å². The molecule has 0 aliphatic rings. The van der Waals surface area contributed by atoms with Crippen LogP contribution >= 0.6 is 0 Å². The first-order valence-corrected chi connectivity index (χ1v) is 7.57. The molecule has 0 bridgehead atoms. The Kier molecular flexibility index (Phi) is 13.5. The normalized spacial score (nSPS) is 10.2. The molecule has 0 fully saturated rings. The Morgan fingerprint density at radius 3 is 1.61 bits per heavy atom. The minimum Gasteiger partial charge on any atom is -0.295 e. The fourth-order valence-corrected chi connectivity index (χ4v) is 2.10. The molecule has 18 heavy (non-hydrogen) atoms. The summed E-state index contributed by atoms with van der Waals surface area (Å²) in [6.07, 6.45) is 18.3. The van der Waals surface area contributed by atoms with Gasteiger partial charge in [-0.15, -0.1) is 6.58 Å². The van der Waals surface area contributed by atoms with Crippen LogP contribution in [0.3, 0.4) is 0 Å². The zero-order chi connectivity index (χ0) is 13.5. The second-order valence-corrected chi connectivity index (χ2v) is 5.03. The van der Waals surface area contributed by atoms with Crippen LogP contribution in [0.15, 0.2) is 25.3 Å². The lowest BCUT2D eigenvalue weighted by Crippen LogP contribution is -1.91. The largest absolute Gasteiger partial charge is 0.295 e. The van der Waals surface area contributed by atoms with Gasteiger partial charge >= 0.3 is 0 Å². The predicted molar refractivity (Wildman–Crippen MR) is 80.8 cm³/mol. The second kappa shape index (κ2) is 14.2. The van der Waals surface area contributed by atoms with Gasteiger partial charge in [-0.25, -0.2) is 0 Å². The van der Waals surface area contributed by atoms with E-state index in [1.54, 1.807) is 0 Å². The van der Waals surface area contributed by atoms with Crippen molar-refractivity contribution in [3.05, 3.63) is 25.3 Å². The van der Waals surface area contributed by atoms with E-state index in [2.05, 4.69) is 13.2 Å². The van der Waals surface area contributed by atoms with E-state index in [1.807, 2.05) is 6.08 Å². The molecule has 1 heteroatoms. The van der Waals surface area contributed by atoms with Crippen LogP contribution in [0.4, 0.5) is 0 Å². The van der Waals surface area contributed by atoms with Gasteiger partial charge in [0.15, 0.2) is 5.78 Å². The fourth-order valence-electron chi connectivity index (χ4n) is 2.10. The summed E-state index contributed by atoms with van der Waals surface area (Å²) in [5.41, 5.74) is 0. The lowest BCUT2D eigenvalue weighted by atomic mass is 10.0. The molecule has 0 aromatic carbocycles. The summed E-state index contributed by atoms with van der Waals surface area (Å²) in [6, 6.07) is 0. The fraction of sp³-hybridized carbons (Fsp3) is 0.706. The van der Waals surface area contributed by atoms with E-state index in [0.29, 0.717) is 6.42 Å². The highest BCUT2D eigenvalue weighted by Crippen LogP contribution is 2.12. The third kappa shape index (κ3) is 13.2. The number of rotatable bonds is 14. The average molecular weight is 250 g/mol. The first-order chi connectivity index (χ1) is 8.81. The van der Waals surface area contributed by atoms with Crippen LogP contribution in [0.2, 0.25) is 0 Å². The molecule has 0 heterocycles. The zero-order valence-electron chi connectivity index (χ0n) is 12.0. The number of allylic oxidation sites excluding steroid dienone is 2. The highest BCUT2D eigenvalue weighted by molar-refractivity contribution is 5.88. The zero-order valence-corrected chi connectivity index (χ0v) is 12.0. The molecule has 104 valence electrons. The van der Waals surface area contributed by atoms with Gasteiger partial charge in [-0.3, -0.25) is 4.79 Å². The molecule has 0 aliphatic heterocycles. The van der Waals surface area contributed by atoms with Crippen LogP contribution in [-0.4, -0.2) is 5.78 Å². The van der Waals surface area contributed by atoms with Crippen molar-refractivity contribution in [2.24, 2.45) is 0 Å². The molecule has 0 aromatic rings. The van der Waals surface area contributed by atoms with Gasteiger partial charge in [0.05, 0.1) is 0 Å². The van der Waals surface area contributed by atoms with Crippen LogP contribution < -0.4 is 0 Å². The molecule has 0 aliphatic carbocycles. The van der Waals surface area contributed by atoms with Crippen LogP contribution in [-0.2, 0) is 4.79 Å². The van der Waals surface area contributed by atoms with E-state index in [-0.39, 0.29) is 5.78 Å². The van der Waals surface area contributed by atoms with E-state index >= 15 is 0 Å². The number of unbranched alkanes of at least 4 members (excludes halogenated alkanes) is 10. The van der Waals surface area contributed by atoms with Gasteiger partial charge in [0, 0.05) is 6.42 Å². The van der Waals surface area contributed by atoms with Gasteiger partial charge in [-0.1, -0.05) is 64.0 Å². The molecule has 0 atom stereocenters. The molecule has 0 radical (unpaired) electrons. The molecule has 0 amide bonds. The first kappa shape index (κ1) is 17.2. The van der Waals surface area contributed by atoms with Gasteiger partial charge in [0.2, 0.25) is 0 Å². The molecular weight excluding hydrogens is 220 g/mol. The van der Waals surface area contributed by atoms with E-state index in [4.69, 9.17) is 0 Å². The van der Waals surface area contributed by atoms with Crippen LogP contribution in [0.5, 0.6) is 0 Å². The van der Waals surface area contributed by atoms with E-state index < -0.39 is 0 Å². The minimum absolute atomic E-state index is 0.189. The van der Waals surface area contributed by atoms with Crippen molar-refractivity contribution < 1.29 is 4.79 Å². The van der Waals surface area contributed by atoms with Crippen molar-refractivity contribution in [1.29, 1.82) is 0 Å². The van der Waals surface area contributed by atoms with Crippen molar-refractivity contribution in [2.75, 3.05) is 0 Å². The molecule has 0 saturated heterocycles. The SMILES string of the molecule is C=CCCCCCCCCCCCCC(=O)C=C. The smallest absolute Gasteiger partial charge is 0.155 e. The molecular formula is C17H30O. The number of hydrogen-bond acceptors (Lipinski definition) is 1. The molecule has 0 N–H and O–H groups in total. The Labute approximate surface area is 113 Å². The number of ketones is 1. The maximum absolute atomic E-state index is 11.0. The maximum atomic E-state index is 11.0. The van der Waals surface area contributed by atoms with Gasteiger partial charge in [0.25, 0.3) is 0 Å². The van der Waals surface area contributed by atoms with Crippen molar-refractivity contribution in [3.8, 4) is 0 Å². The van der Waals surface area contributed by atoms with Gasteiger partial charge in [-0.2, -0.15) is 0 Å².